The number of aromatic nitrogens is 4. The lowest BCUT2D eigenvalue weighted by Crippen LogP contribution is -2.35. The number of H-pyrrole nitrogens is 1. The Bertz CT molecular complexity index is 1000. The molecule has 0 radical (unpaired) electrons. The highest BCUT2D eigenvalue weighted by atomic mass is 79.9. The van der Waals surface area contributed by atoms with E-state index in [0.717, 1.165) is 10.0 Å². The summed E-state index contributed by atoms with van der Waals surface area (Å²) in [4.78, 5) is 30.2. The van der Waals surface area contributed by atoms with Crippen molar-refractivity contribution in [3.05, 3.63) is 55.0 Å². The quantitative estimate of drug-likeness (QED) is 0.662. The fraction of sp³-hybridized carbons (Fsp3) is 0.214. The van der Waals surface area contributed by atoms with Gasteiger partial charge in [-0.25, -0.2) is 0 Å². The number of benzene rings is 1. The van der Waals surface area contributed by atoms with Gasteiger partial charge in [-0.15, -0.1) is 0 Å². The lowest BCUT2D eigenvalue weighted by Gasteiger charge is -2.10. The van der Waals surface area contributed by atoms with Gasteiger partial charge >= 0.3 is 17.1 Å². The molecule has 4 rings (SSSR count). The molecule has 0 fully saturated rings. The highest BCUT2D eigenvalue weighted by Crippen LogP contribution is 2.33. The number of nitrogens with zero attached hydrogens (tertiary/aromatic N) is 3. The van der Waals surface area contributed by atoms with E-state index >= 15 is 0 Å². The van der Waals surface area contributed by atoms with Crippen LogP contribution in [0.5, 0.6) is 6.01 Å². The van der Waals surface area contributed by atoms with Gasteiger partial charge in [-0.1, -0.05) is 28.1 Å². The van der Waals surface area contributed by atoms with E-state index in [2.05, 4.69) is 25.9 Å². The summed E-state index contributed by atoms with van der Waals surface area (Å²) in [5.41, 5.74) is 0.642. The maximum Gasteiger partial charge on any atom is 0.317 e. The minimum absolute atomic E-state index is 0.166. The molecule has 0 aliphatic carbocycles. The fourth-order valence-corrected chi connectivity index (χ4v) is 2.89. The number of hydrogen-bond donors (Lipinski definition) is 1. The lowest BCUT2D eigenvalue weighted by molar-refractivity contribution is 0.230. The van der Waals surface area contributed by atoms with Crippen LogP contribution in [0.15, 0.2) is 38.3 Å². The van der Waals surface area contributed by atoms with E-state index in [9.17, 15) is 9.59 Å². The first-order valence-corrected chi connectivity index (χ1v) is 7.45. The largest absolute Gasteiger partial charge is 0.454 e. The van der Waals surface area contributed by atoms with Crippen molar-refractivity contribution in [2.45, 2.75) is 12.6 Å². The minimum Gasteiger partial charge on any atom is -0.454 e. The molecule has 1 N–H and O–H groups in total. The van der Waals surface area contributed by atoms with Crippen LogP contribution in [-0.4, -0.2) is 19.1 Å². The Labute approximate surface area is 132 Å². The molecule has 1 aliphatic heterocycles. The SMILES string of the molecule is Cn1c(=O)c(=O)[nH]c2c1nc1n2CC(c2ccc(Br)cc2)O1. The zero-order valence-electron chi connectivity index (χ0n) is 11.5. The molecule has 0 amide bonds. The van der Waals surface area contributed by atoms with Crippen LogP contribution in [0, 0.1) is 0 Å². The summed E-state index contributed by atoms with van der Waals surface area (Å²) in [5, 5.41) is 0. The summed E-state index contributed by atoms with van der Waals surface area (Å²) in [6.45, 7) is 0.529. The van der Waals surface area contributed by atoms with Crippen LogP contribution in [0.2, 0.25) is 0 Å². The van der Waals surface area contributed by atoms with Gasteiger partial charge in [-0.2, -0.15) is 4.98 Å². The van der Waals surface area contributed by atoms with E-state index in [0.29, 0.717) is 23.8 Å². The van der Waals surface area contributed by atoms with Gasteiger partial charge in [-0.3, -0.25) is 18.7 Å². The number of rotatable bonds is 1. The Morgan fingerprint density at radius 1 is 1.32 bits per heavy atom. The van der Waals surface area contributed by atoms with Crippen LogP contribution in [0.1, 0.15) is 11.7 Å². The number of ether oxygens (including phenoxy) is 1. The summed E-state index contributed by atoms with van der Waals surface area (Å²) in [6, 6.07) is 8.25. The predicted molar refractivity (Wildman–Crippen MR) is 83.1 cm³/mol. The molecule has 1 atom stereocenters. The Balaban J connectivity index is 1.81. The van der Waals surface area contributed by atoms with Gasteiger partial charge in [0.25, 0.3) is 0 Å². The smallest absolute Gasteiger partial charge is 0.317 e. The third kappa shape index (κ3) is 1.83. The number of aromatic amines is 1. The molecule has 22 heavy (non-hydrogen) atoms. The van der Waals surface area contributed by atoms with Crippen LogP contribution in [-0.2, 0) is 13.6 Å². The molecule has 1 unspecified atom stereocenters. The molecular weight excluding hydrogens is 352 g/mol. The van der Waals surface area contributed by atoms with E-state index in [-0.39, 0.29) is 6.10 Å². The summed E-state index contributed by atoms with van der Waals surface area (Å²) in [7, 11) is 1.52. The van der Waals surface area contributed by atoms with Crippen molar-refractivity contribution in [3.63, 3.8) is 0 Å². The number of nitrogens with one attached hydrogen (secondary N) is 1. The van der Waals surface area contributed by atoms with E-state index in [4.69, 9.17) is 4.74 Å². The Hall–Kier alpha value is -2.35. The Kier molecular flexibility index (Phi) is 2.77. The molecule has 2 aromatic heterocycles. The predicted octanol–water partition coefficient (Wildman–Crippen LogP) is 1.32. The number of imidazole rings is 1. The van der Waals surface area contributed by atoms with E-state index < -0.39 is 11.1 Å². The number of fused-ring (bicyclic) bond motifs is 3. The maximum absolute atomic E-state index is 11.7. The van der Waals surface area contributed by atoms with Crippen molar-refractivity contribution in [1.82, 2.24) is 19.1 Å². The monoisotopic (exact) mass is 362 g/mol. The molecular formula is C14H11BrN4O3. The van der Waals surface area contributed by atoms with Crippen molar-refractivity contribution in [3.8, 4) is 6.01 Å². The first kappa shape index (κ1) is 13.3. The Morgan fingerprint density at radius 2 is 2.05 bits per heavy atom. The molecule has 112 valence electrons. The van der Waals surface area contributed by atoms with E-state index in [1.165, 1.54) is 11.6 Å². The highest BCUT2D eigenvalue weighted by Gasteiger charge is 2.29. The molecule has 0 saturated carbocycles. The second-order valence-corrected chi connectivity index (χ2v) is 6.07. The van der Waals surface area contributed by atoms with Crippen molar-refractivity contribution in [1.29, 1.82) is 0 Å². The average Bonchev–Trinajstić information content (AvgIpc) is 3.05. The molecule has 3 heterocycles. The minimum atomic E-state index is -0.662. The molecule has 0 saturated heterocycles. The normalized spacial score (nSPS) is 16.7. The summed E-state index contributed by atoms with van der Waals surface area (Å²) in [6.07, 6.45) is -0.166. The Morgan fingerprint density at radius 3 is 2.77 bits per heavy atom. The summed E-state index contributed by atoms with van der Waals surface area (Å²) in [5.74, 6) is 0. The van der Waals surface area contributed by atoms with E-state index in [1.54, 1.807) is 4.57 Å². The zero-order chi connectivity index (χ0) is 15.4. The van der Waals surface area contributed by atoms with Crippen LogP contribution in [0.25, 0.3) is 11.3 Å². The maximum atomic E-state index is 11.7. The van der Waals surface area contributed by atoms with E-state index in [1.807, 2.05) is 24.3 Å². The van der Waals surface area contributed by atoms with Gasteiger partial charge in [0, 0.05) is 11.5 Å². The first-order chi connectivity index (χ1) is 10.5. The molecule has 1 aromatic carbocycles. The molecule has 0 spiro atoms. The van der Waals surface area contributed by atoms with Gasteiger partial charge < -0.3 is 9.72 Å². The second-order valence-electron chi connectivity index (χ2n) is 5.15. The lowest BCUT2D eigenvalue weighted by atomic mass is 10.1. The van der Waals surface area contributed by atoms with Gasteiger partial charge in [0.05, 0.1) is 6.54 Å². The summed E-state index contributed by atoms with van der Waals surface area (Å²) < 4.78 is 9.86. The molecule has 1 aliphatic rings. The summed E-state index contributed by atoms with van der Waals surface area (Å²) >= 11 is 3.40. The van der Waals surface area contributed by atoms with Crippen molar-refractivity contribution in [2.24, 2.45) is 7.05 Å². The van der Waals surface area contributed by atoms with Gasteiger partial charge in [0.1, 0.15) is 6.10 Å². The standard InChI is InChI=1S/C14H11BrN4O3/c1-18-10-11(16-12(20)13(18)21)19-6-9(22-14(19)17-10)7-2-4-8(15)5-3-7/h2-5,9H,6H2,1H3,(H,16,20). The third-order valence-corrected chi connectivity index (χ3v) is 4.33. The van der Waals surface area contributed by atoms with Crippen LogP contribution < -0.4 is 15.9 Å². The zero-order valence-corrected chi connectivity index (χ0v) is 13.1. The fourth-order valence-electron chi connectivity index (χ4n) is 2.63. The van der Waals surface area contributed by atoms with Gasteiger partial charge in [0.15, 0.2) is 11.3 Å². The third-order valence-electron chi connectivity index (χ3n) is 3.80. The van der Waals surface area contributed by atoms with Gasteiger partial charge in [0.2, 0.25) is 0 Å². The number of halogens is 1. The first-order valence-electron chi connectivity index (χ1n) is 6.66. The highest BCUT2D eigenvalue weighted by molar-refractivity contribution is 9.10. The van der Waals surface area contributed by atoms with Gasteiger partial charge in [-0.05, 0) is 17.7 Å². The average molecular weight is 363 g/mol. The molecule has 3 aromatic rings. The number of hydrogen-bond acceptors (Lipinski definition) is 4. The number of aryl methyl sites for hydroxylation is 1. The van der Waals surface area contributed by atoms with Crippen molar-refractivity contribution >= 4 is 27.2 Å². The topological polar surface area (TPSA) is 81.9 Å². The van der Waals surface area contributed by atoms with Crippen LogP contribution in [0.3, 0.4) is 0 Å². The second kappa shape index (κ2) is 4.57. The van der Waals surface area contributed by atoms with Crippen LogP contribution in [0.4, 0.5) is 0 Å². The van der Waals surface area contributed by atoms with Crippen molar-refractivity contribution in [2.75, 3.05) is 0 Å². The van der Waals surface area contributed by atoms with Crippen LogP contribution >= 0.6 is 15.9 Å². The molecule has 7 nitrogen and oxygen atoms in total. The molecule has 0 bridgehead atoms. The van der Waals surface area contributed by atoms with Crippen molar-refractivity contribution < 1.29 is 4.74 Å². The molecule has 8 heteroatoms.